The van der Waals surface area contributed by atoms with Crippen molar-refractivity contribution in [3.8, 4) is 5.75 Å². The number of hydrazine groups is 1. The monoisotopic (exact) mass is 416 g/mol. The smallest absolute Gasteiger partial charge is 0.270 e. The molecule has 0 radical (unpaired) electrons. The second-order valence-corrected chi connectivity index (χ2v) is 6.44. The summed E-state index contributed by atoms with van der Waals surface area (Å²) in [7, 11) is 0. The largest absolute Gasteiger partial charge is 0.491 e. The van der Waals surface area contributed by atoms with Gasteiger partial charge >= 0.3 is 0 Å². The molecule has 2 rings (SSSR count). The maximum Gasteiger partial charge on any atom is 0.270 e. The van der Waals surface area contributed by atoms with Crippen molar-refractivity contribution in [3.05, 3.63) is 69.8 Å². The number of rotatable bonds is 6. The lowest BCUT2D eigenvalue weighted by molar-refractivity contribution is -0.384. The van der Waals surface area contributed by atoms with E-state index in [1.165, 1.54) is 18.2 Å². The summed E-state index contributed by atoms with van der Waals surface area (Å²) in [5.74, 6) is -0.569. The van der Waals surface area contributed by atoms with Crippen LogP contribution in [0, 0.1) is 10.1 Å². The Morgan fingerprint density at radius 1 is 1.10 bits per heavy atom. The number of nitro groups is 1. The Kier molecular flexibility index (Phi) is 7.61. The van der Waals surface area contributed by atoms with Gasteiger partial charge in [-0.25, -0.2) is 0 Å². The van der Waals surface area contributed by atoms with Crippen molar-refractivity contribution in [2.45, 2.75) is 26.4 Å². The van der Waals surface area contributed by atoms with Crippen molar-refractivity contribution in [2.24, 2.45) is 0 Å². The summed E-state index contributed by atoms with van der Waals surface area (Å²) in [5, 5.41) is 13.1. The molecule has 152 valence electrons. The van der Waals surface area contributed by atoms with E-state index >= 15 is 0 Å². The summed E-state index contributed by atoms with van der Waals surface area (Å²) in [4.78, 5) is 34.6. The molecule has 0 aromatic heterocycles. The van der Waals surface area contributed by atoms with Crippen LogP contribution in [0.15, 0.2) is 48.5 Å². The minimum atomic E-state index is -0.644. The van der Waals surface area contributed by atoms with Gasteiger partial charge in [0, 0.05) is 23.3 Å². The van der Waals surface area contributed by atoms with E-state index in [1.54, 1.807) is 24.3 Å². The number of hydrogen-bond acceptors (Lipinski definition) is 6. The van der Waals surface area contributed by atoms with E-state index in [2.05, 4.69) is 16.2 Å². The van der Waals surface area contributed by atoms with Crippen LogP contribution >= 0.6 is 12.2 Å². The molecule has 10 heteroatoms. The van der Waals surface area contributed by atoms with Gasteiger partial charge in [-0.1, -0.05) is 19.1 Å². The molecule has 0 aliphatic heterocycles. The Morgan fingerprint density at radius 2 is 1.76 bits per heavy atom. The average molecular weight is 416 g/mol. The van der Waals surface area contributed by atoms with Crippen LogP contribution in [0.5, 0.6) is 5.75 Å². The van der Waals surface area contributed by atoms with Crippen LogP contribution in [0.3, 0.4) is 0 Å². The average Bonchev–Trinajstić information content (AvgIpc) is 2.72. The number of carbonyl (C=O) groups is 2. The standard InChI is InChI=1S/C19H20N4O5S/c1-3-12(2)28-16-9-5-7-14(11-16)17(24)20-19(29)22-21-18(25)13-6-4-8-15(10-13)23(26)27/h4-12H,3H2,1-2H3,(H,21,25)(H2,20,22,24,29). The molecule has 0 heterocycles. The summed E-state index contributed by atoms with van der Waals surface area (Å²) < 4.78 is 5.68. The van der Waals surface area contributed by atoms with Gasteiger partial charge in [-0.2, -0.15) is 0 Å². The summed E-state index contributed by atoms with van der Waals surface area (Å²) in [6, 6.07) is 11.8. The number of nitrogens with one attached hydrogen (secondary N) is 3. The third-order valence-corrected chi connectivity index (χ3v) is 4.05. The van der Waals surface area contributed by atoms with Crippen molar-refractivity contribution < 1.29 is 19.2 Å². The highest BCUT2D eigenvalue weighted by molar-refractivity contribution is 7.80. The predicted octanol–water partition coefficient (Wildman–Crippen LogP) is 2.72. The minimum Gasteiger partial charge on any atom is -0.491 e. The Balaban J connectivity index is 1.91. The molecule has 2 aromatic carbocycles. The molecular formula is C19H20N4O5S. The first kappa shape index (κ1) is 21.8. The highest BCUT2D eigenvalue weighted by atomic mass is 32.1. The number of amides is 2. The van der Waals surface area contributed by atoms with E-state index < -0.39 is 16.7 Å². The van der Waals surface area contributed by atoms with E-state index in [0.29, 0.717) is 11.3 Å². The Hall–Kier alpha value is -3.53. The molecule has 1 unspecified atom stereocenters. The van der Waals surface area contributed by atoms with Gasteiger partial charge < -0.3 is 4.74 Å². The molecule has 1 atom stereocenters. The fraction of sp³-hybridized carbons (Fsp3) is 0.211. The van der Waals surface area contributed by atoms with Crippen LogP contribution in [0.4, 0.5) is 5.69 Å². The zero-order chi connectivity index (χ0) is 21.4. The molecular weight excluding hydrogens is 396 g/mol. The number of ether oxygens (including phenoxy) is 1. The van der Waals surface area contributed by atoms with E-state index in [4.69, 9.17) is 17.0 Å². The summed E-state index contributed by atoms with van der Waals surface area (Å²) >= 11 is 4.99. The summed E-state index contributed by atoms with van der Waals surface area (Å²) in [6.45, 7) is 3.92. The van der Waals surface area contributed by atoms with Crippen LogP contribution in [0.1, 0.15) is 41.0 Å². The van der Waals surface area contributed by atoms with Gasteiger partial charge in [-0.05, 0) is 49.8 Å². The van der Waals surface area contributed by atoms with Gasteiger partial charge in [-0.15, -0.1) is 0 Å². The normalized spacial score (nSPS) is 11.1. The molecule has 0 bridgehead atoms. The molecule has 0 aliphatic carbocycles. The molecule has 3 N–H and O–H groups in total. The molecule has 0 saturated carbocycles. The molecule has 2 aromatic rings. The van der Waals surface area contributed by atoms with Crippen molar-refractivity contribution in [1.29, 1.82) is 0 Å². The summed E-state index contributed by atoms with van der Waals surface area (Å²) in [5.41, 5.74) is 4.84. The SMILES string of the molecule is CCC(C)Oc1cccc(C(=O)NC(=S)NNC(=O)c2cccc([N+](=O)[O-])c2)c1. The van der Waals surface area contributed by atoms with Crippen molar-refractivity contribution in [2.75, 3.05) is 0 Å². The van der Waals surface area contributed by atoms with Gasteiger partial charge in [0.2, 0.25) is 0 Å². The topological polar surface area (TPSA) is 123 Å². The molecule has 0 spiro atoms. The van der Waals surface area contributed by atoms with Crippen LogP contribution in [0.25, 0.3) is 0 Å². The highest BCUT2D eigenvalue weighted by Crippen LogP contribution is 2.16. The van der Waals surface area contributed by atoms with Crippen molar-refractivity contribution in [1.82, 2.24) is 16.2 Å². The van der Waals surface area contributed by atoms with Gasteiger partial charge in [0.25, 0.3) is 17.5 Å². The summed E-state index contributed by atoms with van der Waals surface area (Å²) in [6.07, 6.45) is 0.842. The molecule has 29 heavy (non-hydrogen) atoms. The molecule has 2 amide bonds. The third-order valence-electron chi connectivity index (χ3n) is 3.84. The number of carbonyl (C=O) groups excluding carboxylic acids is 2. The second kappa shape index (κ2) is 10.1. The number of nitrogens with zero attached hydrogens (tertiary/aromatic N) is 1. The maximum absolute atomic E-state index is 12.3. The quantitative estimate of drug-likeness (QED) is 0.376. The lowest BCUT2D eigenvalue weighted by Crippen LogP contribution is -2.48. The Morgan fingerprint density at radius 3 is 2.41 bits per heavy atom. The second-order valence-electron chi connectivity index (χ2n) is 6.03. The molecule has 0 fully saturated rings. The lowest BCUT2D eigenvalue weighted by atomic mass is 10.2. The number of non-ortho nitro benzene ring substituents is 1. The van der Waals surface area contributed by atoms with Gasteiger partial charge in [0.05, 0.1) is 11.0 Å². The third kappa shape index (κ3) is 6.54. The predicted molar refractivity (Wildman–Crippen MR) is 111 cm³/mol. The van der Waals surface area contributed by atoms with Crippen molar-refractivity contribution in [3.63, 3.8) is 0 Å². The van der Waals surface area contributed by atoms with Gasteiger partial charge in [0.15, 0.2) is 5.11 Å². The van der Waals surface area contributed by atoms with E-state index in [-0.39, 0.29) is 22.5 Å². The first-order valence-corrected chi connectivity index (χ1v) is 9.13. The van der Waals surface area contributed by atoms with Crippen LogP contribution in [0.2, 0.25) is 0 Å². The number of hydrogen-bond donors (Lipinski definition) is 3. The first-order valence-electron chi connectivity index (χ1n) is 8.73. The van der Waals surface area contributed by atoms with Gasteiger partial charge in [0.1, 0.15) is 5.75 Å². The first-order chi connectivity index (χ1) is 13.8. The van der Waals surface area contributed by atoms with E-state index in [1.807, 2.05) is 13.8 Å². The zero-order valence-corrected chi connectivity index (χ0v) is 16.6. The number of thiocarbonyl (C=S) groups is 1. The Labute approximate surface area is 172 Å². The van der Waals surface area contributed by atoms with Crippen LogP contribution in [-0.4, -0.2) is 28.0 Å². The van der Waals surface area contributed by atoms with Crippen LogP contribution in [-0.2, 0) is 0 Å². The minimum absolute atomic E-state index is 0.0140. The number of benzene rings is 2. The fourth-order valence-electron chi connectivity index (χ4n) is 2.18. The van der Waals surface area contributed by atoms with E-state index in [0.717, 1.165) is 12.5 Å². The molecule has 9 nitrogen and oxygen atoms in total. The number of nitro benzene ring substituents is 1. The van der Waals surface area contributed by atoms with Crippen LogP contribution < -0.4 is 20.9 Å². The van der Waals surface area contributed by atoms with Gasteiger partial charge in [-0.3, -0.25) is 35.9 Å². The molecule has 0 aliphatic rings. The van der Waals surface area contributed by atoms with E-state index in [9.17, 15) is 19.7 Å². The highest BCUT2D eigenvalue weighted by Gasteiger charge is 2.13. The fourth-order valence-corrected chi connectivity index (χ4v) is 2.32. The zero-order valence-electron chi connectivity index (χ0n) is 15.8. The molecule has 0 saturated heterocycles. The Bertz CT molecular complexity index is 934. The van der Waals surface area contributed by atoms with Crippen molar-refractivity contribution >= 4 is 34.8 Å². The lowest BCUT2D eigenvalue weighted by Gasteiger charge is -2.14. The maximum atomic E-state index is 12.3.